The maximum absolute atomic E-state index is 12.2. The first-order chi connectivity index (χ1) is 8.33. The monoisotopic (exact) mass is 278 g/mol. The normalized spacial score (nSPS) is 22.9. The Hall–Kier alpha value is -0.210. The third-order valence-electron chi connectivity index (χ3n) is 2.94. The zero-order valence-corrected chi connectivity index (χ0v) is 12.6. The minimum atomic E-state index is -3.41. The van der Waals surface area contributed by atoms with Crippen LogP contribution in [0.4, 0.5) is 0 Å². The average molecular weight is 278 g/mol. The molecule has 108 valence electrons. The Morgan fingerprint density at radius 3 is 2.56 bits per heavy atom. The number of hydrogen-bond donors (Lipinski definition) is 2. The van der Waals surface area contributed by atoms with Crippen molar-refractivity contribution in [3.8, 4) is 0 Å². The van der Waals surface area contributed by atoms with Crippen LogP contribution in [0.1, 0.15) is 33.1 Å². The fourth-order valence-electron chi connectivity index (χ4n) is 2.15. The quantitative estimate of drug-likeness (QED) is 0.679. The molecule has 1 fully saturated rings. The van der Waals surface area contributed by atoms with Crippen LogP contribution in [0.15, 0.2) is 0 Å². The molecule has 0 saturated carbocycles. The molecule has 0 radical (unpaired) electrons. The van der Waals surface area contributed by atoms with Gasteiger partial charge in [0, 0.05) is 39.3 Å². The lowest BCUT2D eigenvalue weighted by Crippen LogP contribution is -2.55. The Morgan fingerprint density at radius 2 is 2.00 bits per heavy atom. The molecule has 0 aromatic rings. The van der Waals surface area contributed by atoms with Gasteiger partial charge in [-0.2, -0.15) is 12.7 Å². The van der Waals surface area contributed by atoms with Gasteiger partial charge in [-0.1, -0.05) is 20.3 Å². The van der Waals surface area contributed by atoms with Crippen LogP contribution in [0.25, 0.3) is 0 Å². The fraction of sp³-hybridized carbons (Fsp3) is 1.00. The van der Waals surface area contributed by atoms with Gasteiger partial charge in [0.25, 0.3) is 10.2 Å². The molecule has 6 nitrogen and oxygen atoms in total. The van der Waals surface area contributed by atoms with E-state index in [1.807, 2.05) is 0 Å². The van der Waals surface area contributed by atoms with Crippen LogP contribution in [0, 0.1) is 0 Å². The number of piperidine rings is 1. The highest BCUT2D eigenvalue weighted by Gasteiger charge is 2.32. The summed E-state index contributed by atoms with van der Waals surface area (Å²) in [6.07, 6.45) is 2.96. The molecule has 0 amide bonds. The smallest absolute Gasteiger partial charge is 0.292 e. The summed E-state index contributed by atoms with van der Waals surface area (Å²) in [7, 11) is -0.0436. The molecule has 0 aromatic carbocycles. The van der Waals surface area contributed by atoms with E-state index in [1.165, 1.54) is 5.01 Å². The van der Waals surface area contributed by atoms with Gasteiger partial charge in [-0.25, -0.2) is 5.01 Å². The van der Waals surface area contributed by atoms with Crippen molar-refractivity contribution in [2.24, 2.45) is 0 Å². The second-order valence-corrected chi connectivity index (χ2v) is 6.92. The first kappa shape index (κ1) is 15.8. The topological polar surface area (TPSA) is 64.7 Å². The van der Waals surface area contributed by atoms with E-state index < -0.39 is 10.2 Å². The summed E-state index contributed by atoms with van der Waals surface area (Å²) in [5.74, 6) is 0. The van der Waals surface area contributed by atoms with Crippen LogP contribution >= 0.6 is 0 Å². The Bertz CT molecular complexity index is 343. The second-order valence-electron chi connectivity index (χ2n) is 5.31. The van der Waals surface area contributed by atoms with Gasteiger partial charge in [0.1, 0.15) is 0 Å². The van der Waals surface area contributed by atoms with Crippen molar-refractivity contribution in [1.29, 1.82) is 0 Å². The molecule has 2 N–H and O–H groups in total. The van der Waals surface area contributed by atoms with E-state index >= 15 is 0 Å². The van der Waals surface area contributed by atoms with Crippen LogP contribution in [0.5, 0.6) is 0 Å². The second kappa shape index (κ2) is 6.81. The van der Waals surface area contributed by atoms with E-state index in [-0.39, 0.29) is 6.04 Å². The van der Waals surface area contributed by atoms with Crippen LogP contribution in [-0.4, -0.2) is 57.0 Å². The summed E-state index contributed by atoms with van der Waals surface area (Å²) >= 11 is 0. The molecule has 1 unspecified atom stereocenters. The van der Waals surface area contributed by atoms with Crippen molar-refractivity contribution >= 4 is 10.2 Å². The van der Waals surface area contributed by atoms with Crippen LogP contribution in [-0.2, 0) is 10.2 Å². The van der Waals surface area contributed by atoms with Gasteiger partial charge < -0.3 is 5.32 Å². The number of hydrogen-bond acceptors (Lipinski definition) is 4. The van der Waals surface area contributed by atoms with Crippen LogP contribution < -0.4 is 10.1 Å². The van der Waals surface area contributed by atoms with Gasteiger partial charge in [-0.15, -0.1) is 4.83 Å². The standard InChI is InChI=1S/C11H26N4O2S/c1-10(2)12-9-11-7-5-6-8-15(11)18(16,17)13-14(3)4/h10-13H,5-9H2,1-4H3. The molecular weight excluding hydrogens is 252 g/mol. The van der Waals surface area contributed by atoms with E-state index in [2.05, 4.69) is 24.0 Å². The van der Waals surface area contributed by atoms with E-state index in [1.54, 1.807) is 18.4 Å². The lowest BCUT2D eigenvalue weighted by atomic mass is 10.0. The third kappa shape index (κ3) is 4.81. The van der Waals surface area contributed by atoms with E-state index in [9.17, 15) is 8.42 Å². The Balaban J connectivity index is 2.69. The maximum atomic E-state index is 12.2. The molecule has 18 heavy (non-hydrogen) atoms. The molecule has 1 saturated heterocycles. The summed E-state index contributed by atoms with van der Waals surface area (Å²) in [6.45, 7) is 5.46. The molecule has 0 aliphatic carbocycles. The Labute approximate surface area is 111 Å². The number of hydrazine groups is 1. The van der Waals surface area contributed by atoms with Gasteiger partial charge in [0.2, 0.25) is 0 Å². The van der Waals surface area contributed by atoms with Crippen molar-refractivity contribution in [1.82, 2.24) is 19.5 Å². The van der Waals surface area contributed by atoms with Crippen molar-refractivity contribution in [2.45, 2.75) is 45.2 Å². The molecule has 1 atom stereocenters. The molecule has 1 heterocycles. The molecule has 1 rings (SSSR count). The highest BCUT2D eigenvalue weighted by atomic mass is 32.2. The summed E-state index contributed by atoms with van der Waals surface area (Å²) in [5.41, 5.74) is 0. The van der Waals surface area contributed by atoms with E-state index in [4.69, 9.17) is 0 Å². The van der Waals surface area contributed by atoms with Crippen molar-refractivity contribution < 1.29 is 8.42 Å². The van der Waals surface area contributed by atoms with Gasteiger partial charge in [-0.05, 0) is 12.8 Å². The number of nitrogens with zero attached hydrogens (tertiary/aromatic N) is 2. The summed E-state index contributed by atoms with van der Waals surface area (Å²) in [6, 6.07) is 0.428. The van der Waals surface area contributed by atoms with Crippen molar-refractivity contribution in [3.05, 3.63) is 0 Å². The first-order valence-corrected chi connectivity index (χ1v) is 7.97. The van der Waals surface area contributed by atoms with Crippen molar-refractivity contribution in [2.75, 3.05) is 27.2 Å². The van der Waals surface area contributed by atoms with E-state index in [0.717, 1.165) is 19.3 Å². The molecule has 0 spiro atoms. The zero-order valence-electron chi connectivity index (χ0n) is 11.8. The summed E-state index contributed by atoms with van der Waals surface area (Å²) < 4.78 is 26.0. The maximum Gasteiger partial charge on any atom is 0.292 e. The number of nitrogens with one attached hydrogen (secondary N) is 2. The molecule has 7 heteroatoms. The van der Waals surface area contributed by atoms with E-state index in [0.29, 0.717) is 19.1 Å². The van der Waals surface area contributed by atoms with Gasteiger partial charge in [-0.3, -0.25) is 0 Å². The van der Waals surface area contributed by atoms with Gasteiger partial charge in [0.15, 0.2) is 0 Å². The summed E-state index contributed by atoms with van der Waals surface area (Å²) in [4.78, 5) is 2.51. The lowest BCUT2D eigenvalue weighted by Gasteiger charge is -2.35. The van der Waals surface area contributed by atoms with Gasteiger partial charge in [0.05, 0.1) is 0 Å². The molecule has 0 aromatic heterocycles. The molecule has 1 aliphatic heterocycles. The zero-order chi connectivity index (χ0) is 13.8. The molecule has 0 bridgehead atoms. The average Bonchev–Trinajstić information content (AvgIpc) is 2.25. The SMILES string of the molecule is CC(C)NCC1CCCCN1S(=O)(=O)NN(C)C. The first-order valence-electron chi connectivity index (χ1n) is 6.53. The van der Waals surface area contributed by atoms with Crippen LogP contribution in [0.2, 0.25) is 0 Å². The minimum Gasteiger partial charge on any atom is -0.313 e. The predicted octanol–water partition coefficient (Wildman–Crippen LogP) is 0.150. The minimum absolute atomic E-state index is 0.0543. The Morgan fingerprint density at radius 1 is 1.33 bits per heavy atom. The molecular formula is C11H26N4O2S. The Kier molecular flexibility index (Phi) is 6.00. The predicted molar refractivity (Wildman–Crippen MR) is 73.2 cm³/mol. The fourth-order valence-corrected chi connectivity index (χ4v) is 3.66. The lowest BCUT2D eigenvalue weighted by molar-refractivity contribution is 0.228. The highest BCUT2D eigenvalue weighted by molar-refractivity contribution is 7.87. The highest BCUT2D eigenvalue weighted by Crippen LogP contribution is 2.19. The summed E-state index contributed by atoms with van der Waals surface area (Å²) in [5, 5.41) is 4.79. The number of rotatable bonds is 6. The van der Waals surface area contributed by atoms with Gasteiger partial charge >= 0.3 is 0 Å². The van der Waals surface area contributed by atoms with Crippen LogP contribution in [0.3, 0.4) is 0 Å². The van der Waals surface area contributed by atoms with Crippen molar-refractivity contribution in [3.63, 3.8) is 0 Å². The third-order valence-corrected chi connectivity index (χ3v) is 4.64. The molecule has 1 aliphatic rings. The largest absolute Gasteiger partial charge is 0.313 e.